The van der Waals surface area contributed by atoms with Gasteiger partial charge in [-0.25, -0.2) is 0 Å². The number of rotatable bonds is 2. The van der Waals surface area contributed by atoms with Crippen LogP contribution in [-0.2, 0) is 4.79 Å². The van der Waals surface area contributed by atoms with Gasteiger partial charge in [-0.05, 0) is 37.3 Å². The van der Waals surface area contributed by atoms with Crippen LogP contribution in [0.2, 0.25) is 0 Å². The van der Waals surface area contributed by atoms with E-state index in [1.165, 1.54) is 6.42 Å². The Hall–Kier alpha value is -1.84. The van der Waals surface area contributed by atoms with Crippen LogP contribution in [0.25, 0.3) is 0 Å². The highest BCUT2D eigenvalue weighted by Gasteiger charge is 2.56. The van der Waals surface area contributed by atoms with Crippen molar-refractivity contribution in [3.8, 4) is 0 Å². The molecule has 134 valence electrons. The average Bonchev–Trinajstić information content (AvgIpc) is 2.63. The first-order valence-electron chi connectivity index (χ1n) is 9.80. The number of aliphatic carboxylic acids is 1. The first kappa shape index (κ1) is 16.6. The zero-order chi connectivity index (χ0) is 17.4. The summed E-state index contributed by atoms with van der Waals surface area (Å²) in [6.07, 6.45) is 10.4. The minimum absolute atomic E-state index is 0.0712. The Labute approximate surface area is 149 Å². The predicted octanol–water partition coefficient (Wildman–Crippen LogP) is 4.35. The first-order valence-corrected chi connectivity index (χ1v) is 9.80. The Morgan fingerprint density at radius 2 is 1.64 bits per heavy atom. The van der Waals surface area contributed by atoms with E-state index in [4.69, 9.17) is 0 Å². The fourth-order valence-corrected chi connectivity index (χ4v) is 5.63. The maximum Gasteiger partial charge on any atom is 0.313 e. The van der Waals surface area contributed by atoms with Gasteiger partial charge in [0.05, 0.1) is 5.54 Å². The van der Waals surface area contributed by atoms with Crippen molar-refractivity contribution in [2.75, 3.05) is 0 Å². The van der Waals surface area contributed by atoms with Crippen LogP contribution in [0.1, 0.15) is 86.0 Å². The Kier molecular flexibility index (Phi) is 4.30. The molecule has 2 fully saturated rings. The zero-order valence-electron chi connectivity index (χ0n) is 14.7. The minimum atomic E-state index is -0.775. The summed E-state index contributed by atoms with van der Waals surface area (Å²) in [5, 5.41) is 10.2. The summed E-state index contributed by atoms with van der Waals surface area (Å²) >= 11 is 0. The number of carbonyl (C=O) groups excluding carboxylic acids is 1. The van der Waals surface area contributed by atoms with E-state index in [-0.39, 0.29) is 11.9 Å². The van der Waals surface area contributed by atoms with E-state index in [0.29, 0.717) is 5.56 Å². The summed E-state index contributed by atoms with van der Waals surface area (Å²) < 4.78 is 0. The lowest BCUT2D eigenvalue weighted by molar-refractivity contribution is -0.145. The van der Waals surface area contributed by atoms with E-state index < -0.39 is 17.4 Å². The highest BCUT2D eigenvalue weighted by Crippen LogP contribution is 2.51. The van der Waals surface area contributed by atoms with Crippen LogP contribution in [0.4, 0.5) is 0 Å². The number of carbonyl (C=O) groups is 2. The molecule has 1 unspecified atom stereocenters. The molecule has 4 rings (SSSR count). The molecule has 25 heavy (non-hydrogen) atoms. The number of amides is 1. The third kappa shape index (κ3) is 2.57. The van der Waals surface area contributed by atoms with Crippen molar-refractivity contribution in [2.45, 2.75) is 81.7 Å². The SMILES string of the molecule is O=C(O)C1c2ccccc2C(=O)N(C2CCCCC2)C12CCCCC2. The molecule has 0 saturated heterocycles. The number of carboxylic acids is 1. The monoisotopic (exact) mass is 341 g/mol. The molecule has 2 saturated carbocycles. The largest absolute Gasteiger partial charge is 0.481 e. The van der Waals surface area contributed by atoms with Crippen molar-refractivity contribution in [3.63, 3.8) is 0 Å². The van der Waals surface area contributed by atoms with Crippen LogP contribution >= 0.6 is 0 Å². The number of fused-ring (bicyclic) bond motifs is 1. The van der Waals surface area contributed by atoms with Crippen LogP contribution in [0, 0.1) is 0 Å². The minimum Gasteiger partial charge on any atom is -0.481 e. The summed E-state index contributed by atoms with van der Waals surface area (Å²) in [4.78, 5) is 27.9. The second kappa shape index (κ2) is 6.47. The zero-order valence-corrected chi connectivity index (χ0v) is 14.7. The lowest BCUT2D eigenvalue weighted by Gasteiger charge is -2.56. The molecule has 1 aliphatic heterocycles. The summed E-state index contributed by atoms with van der Waals surface area (Å²) in [6, 6.07) is 7.61. The molecule has 1 spiro atoms. The van der Waals surface area contributed by atoms with Gasteiger partial charge in [0.15, 0.2) is 0 Å². The summed E-state index contributed by atoms with van der Waals surface area (Å²) in [5.74, 6) is -1.30. The third-order valence-corrected chi connectivity index (χ3v) is 6.64. The van der Waals surface area contributed by atoms with E-state index in [0.717, 1.165) is 63.4 Å². The van der Waals surface area contributed by atoms with Crippen LogP contribution in [0.15, 0.2) is 24.3 Å². The molecule has 1 N–H and O–H groups in total. The second-order valence-corrected chi connectivity index (χ2v) is 7.99. The van der Waals surface area contributed by atoms with Gasteiger partial charge in [-0.1, -0.05) is 56.7 Å². The topological polar surface area (TPSA) is 57.6 Å². The molecule has 1 aromatic rings. The molecule has 4 heteroatoms. The number of benzene rings is 1. The Bertz CT molecular complexity index is 671. The molecule has 1 heterocycles. The average molecular weight is 341 g/mol. The van der Waals surface area contributed by atoms with Gasteiger partial charge in [-0.2, -0.15) is 0 Å². The molecule has 1 aromatic carbocycles. The molecule has 2 aliphatic carbocycles. The smallest absolute Gasteiger partial charge is 0.313 e. The number of nitrogens with zero attached hydrogens (tertiary/aromatic N) is 1. The van der Waals surface area contributed by atoms with E-state index in [2.05, 4.69) is 4.90 Å². The first-order chi connectivity index (χ1) is 12.1. The van der Waals surface area contributed by atoms with E-state index in [1.807, 2.05) is 24.3 Å². The van der Waals surface area contributed by atoms with Crippen LogP contribution in [0.3, 0.4) is 0 Å². The Morgan fingerprint density at radius 3 is 2.32 bits per heavy atom. The standard InChI is InChI=1S/C21H27NO3/c23-19-17-12-6-5-11-16(17)18(20(24)25)21(13-7-2-8-14-21)22(19)15-9-3-1-4-10-15/h5-6,11-12,15,18H,1-4,7-10,13-14H2,(H,24,25). The van der Waals surface area contributed by atoms with E-state index in [1.54, 1.807) is 0 Å². The van der Waals surface area contributed by atoms with Crippen molar-refractivity contribution in [2.24, 2.45) is 0 Å². The van der Waals surface area contributed by atoms with Crippen LogP contribution < -0.4 is 0 Å². The summed E-state index contributed by atoms with van der Waals surface area (Å²) in [6.45, 7) is 0. The second-order valence-electron chi connectivity index (χ2n) is 7.99. The van der Waals surface area contributed by atoms with Crippen molar-refractivity contribution in [1.82, 2.24) is 4.90 Å². The molecule has 0 bridgehead atoms. The van der Waals surface area contributed by atoms with Gasteiger partial charge in [0.1, 0.15) is 5.92 Å². The van der Waals surface area contributed by atoms with Gasteiger partial charge in [0, 0.05) is 11.6 Å². The van der Waals surface area contributed by atoms with E-state index >= 15 is 0 Å². The quantitative estimate of drug-likeness (QED) is 0.870. The van der Waals surface area contributed by atoms with Gasteiger partial charge < -0.3 is 10.0 Å². The van der Waals surface area contributed by atoms with Gasteiger partial charge in [0.25, 0.3) is 5.91 Å². The predicted molar refractivity (Wildman–Crippen MR) is 95.7 cm³/mol. The molecular weight excluding hydrogens is 314 g/mol. The summed E-state index contributed by atoms with van der Waals surface area (Å²) in [5.41, 5.74) is 0.808. The van der Waals surface area contributed by atoms with Gasteiger partial charge in [0.2, 0.25) is 0 Å². The maximum atomic E-state index is 13.5. The third-order valence-electron chi connectivity index (χ3n) is 6.64. The Morgan fingerprint density at radius 1 is 1.00 bits per heavy atom. The van der Waals surface area contributed by atoms with Crippen LogP contribution in [0.5, 0.6) is 0 Å². The van der Waals surface area contributed by atoms with Crippen LogP contribution in [-0.4, -0.2) is 33.5 Å². The molecule has 1 atom stereocenters. The molecule has 0 aromatic heterocycles. The molecule has 4 nitrogen and oxygen atoms in total. The lowest BCUT2D eigenvalue weighted by atomic mass is 9.64. The number of hydrogen-bond donors (Lipinski definition) is 1. The molecular formula is C21H27NO3. The molecule has 3 aliphatic rings. The summed E-state index contributed by atoms with van der Waals surface area (Å²) in [7, 11) is 0. The highest BCUT2D eigenvalue weighted by molar-refractivity contribution is 6.01. The fourth-order valence-electron chi connectivity index (χ4n) is 5.63. The van der Waals surface area contributed by atoms with Gasteiger partial charge in [-0.3, -0.25) is 9.59 Å². The van der Waals surface area contributed by atoms with Gasteiger partial charge in [-0.15, -0.1) is 0 Å². The van der Waals surface area contributed by atoms with Gasteiger partial charge >= 0.3 is 5.97 Å². The van der Waals surface area contributed by atoms with Crippen molar-refractivity contribution in [1.29, 1.82) is 0 Å². The van der Waals surface area contributed by atoms with Crippen molar-refractivity contribution < 1.29 is 14.7 Å². The number of carboxylic acid groups (broad SMARTS) is 1. The van der Waals surface area contributed by atoms with Crippen molar-refractivity contribution >= 4 is 11.9 Å². The highest BCUT2D eigenvalue weighted by atomic mass is 16.4. The van der Waals surface area contributed by atoms with E-state index in [9.17, 15) is 14.7 Å². The maximum absolute atomic E-state index is 13.5. The molecule has 1 amide bonds. The normalized spacial score (nSPS) is 26.5. The fraction of sp³-hybridized carbons (Fsp3) is 0.619. The molecule has 0 radical (unpaired) electrons. The van der Waals surface area contributed by atoms with Crippen molar-refractivity contribution in [3.05, 3.63) is 35.4 Å². The Balaban J connectivity index is 1.88. The lowest BCUT2D eigenvalue weighted by Crippen LogP contribution is -2.64. The number of hydrogen-bond acceptors (Lipinski definition) is 2.